The molecule has 2 bridgehead atoms. The first kappa shape index (κ1) is 27.3. The number of ether oxygens (including phenoxy) is 1. The average Bonchev–Trinajstić information content (AvgIpc) is 2.81. The first-order valence-electron chi connectivity index (χ1n) is 12.8. The van der Waals surface area contributed by atoms with E-state index >= 15 is 0 Å². The fourth-order valence-corrected chi connectivity index (χ4v) is 6.04. The second-order valence-electron chi connectivity index (χ2n) is 11.0. The second kappa shape index (κ2) is 11.7. The van der Waals surface area contributed by atoms with Crippen LogP contribution in [0.5, 0.6) is 0 Å². The molecule has 1 unspecified atom stereocenters. The highest BCUT2D eigenvalue weighted by molar-refractivity contribution is 6.36. The number of benzene rings is 1. The molecule has 1 heterocycles. The number of nitrogens with one attached hydrogen (secondary N) is 3. The van der Waals surface area contributed by atoms with Crippen molar-refractivity contribution in [1.82, 2.24) is 15.3 Å². The van der Waals surface area contributed by atoms with E-state index in [9.17, 15) is 10.1 Å². The van der Waals surface area contributed by atoms with E-state index < -0.39 is 5.60 Å². The molecule has 10 heteroatoms. The Kier molecular flexibility index (Phi) is 8.66. The molecule has 0 aliphatic heterocycles. The molecule has 1 aromatic carbocycles. The molecule has 8 nitrogen and oxygen atoms in total. The molecule has 37 heavy (non-hydrogen) atoms. The largest absolute Gasteiger partial charge is 0.444 e. The first-order valence-corrected chi connectivity index (χ1v) is 13.6. The maximum Gasteiger partial charge on any atom is 0.407 e. The van der Waals surface area contributed by atoms with Crippen molar-refractivity contribution in [3.8, 4) is 6.07 Å². The van der Waals surface area contributed by atoms with Crippen LogP contribution in [0, 0.1) is 29.1 Å². The standard InChI is InChI=1S/C27H34Cl2N6O2/c1-27(2,3)37-26(36)34-23-17-6-4-7-18(23)11-16(10-17)13-31-24-19(12-30)14-32-25(35-24)33-15-20-21(28)8-5-9-22(20)29/h5,8-9,14,16-18,23H,4,6-7,10-11,13,15H2,1-3H3,(H,34,36)(H2,31,32,33,35)/t16?,17-,18+,23-. The van der Waals surface area contributed by atoms with Gasteiger partial charge in [0.25, 0.3) is 0 Å². The second-order valence-corrected chi connectivity index (χ2v) is 11.8. The molecule has 2 aliphatic carbocycles. The zero-order valence-electron chi connectivity index (χ0n) is 21.5. The van der Waals surface area contributed by atoms with Gasteiger partial charge in [0.1, 0.15) is 23.1 Å². The van der Waals surface area contributed by atoms with Crippen molar-refractivity contribution in [3.05, 3.63) is 45.6 Å². The van der Waals surface area contributed by atoms with Gasteiger partial charge in [0.15, 0.2) is 0 Å². The van der Waals surface area contributed by atoms with E-state index in [4.69, 9.17) is 27.9 Å². The van der Waals surface area contributed by atoms with Gasteiger partial charge >= 0.3 is 6.09 Å². The maximum atomic E-state index is 12.4. The first-order chi connectivity index (χ1) is 17.6. The van der Waals surface area contributed by atoms with Crippen LogP contribution in [0.2, 0.25) is 10.0 Å². The SMILES string of the molecule is CC(C)(C)OC(=O)N[C@@H]1[C@@H]2CCC[C@H]1CC(CNc1nc(NCc3c(Cl)cccc3Cl)ncc1C#N)C2. The predicted molar refractivity (Wildman–Crippen MR) is 146 cm³/mol. The van der Waals surface area contributed by atoms with Crippen LogP contribution in [0.15, 0.2) is 24.4 Å². The Bertz CT molecular complexity index is 1130. The van der Waals surface area contributed by atoms with Crippen LogP contribution in [0.4, 0.5) is 16.6 Å². The van der Waals surface area contributed by atoms with Crippen LogP contribution in [0.3, 0.4) is 0 Å². The molecule has 1 aromatic heterocycles. The molecule has 2 saturated carbocycles. The van der Waals surface area contributed by atoms with Crippen molar-refractivity contribution in [2.45, 2.75) is 71.1 Å². The number of fused-ring (bicyclic) bond motifs is 2. The van der Waals surface area contributed by atoms with Gasteiger partial charge in [-0.1, -0.05) is 35.7 Å². The van der Waals surface area contributed by atoms with Gasteiger partial charge in [0.05, 0.1) is 6.20 Å². The van der Waals surface area contributed by atoms with Crippen molar-refractivity contribution >= 4 is 41.1 Å². The summed E-state index contributed by atoms with van der Waals surface area (Å²) in [7, 11) is 0. The Morgan fingerprint density at radius 2 is 1.84 bits per heavy atom. The van der Waals surface area contributed by atoms with Gasteiger partial charge in [-0.3, -0.25) is 0 Å². The molecule has 0 spiro atoms. The number of carbonyl (C=O) groups excluding carboxylic acids is 1. The lowest BCUT2D eigenvalue weighted by Crippen LogP contribution is -2.52. The normalized spacial score (nSPS) is 23.0. The minimum atomic E-state index is -0.510. The number of nitriles is 1. The molecular weight excluding hydrogens is 511 g/mol. The Balaban J connectivity index is 1.37. The Morgan fingerprint density at radius 3 is 2.46 bits per heavy atom. The number of carbonyl (C=O) groups is 1. The predicted octanol–water partition coefficient (Wildman–Crippen LogP) is 6.40. The lowest BCUT2D eigenvalue weighted by Gasteiger charge is -2.46. The van der Waals surface area contributed by atoms with E-state index in [-0.39, 0.29) is 12.1 Å². The lowest BCUT2D eigenvalue weighted by molar-refractivity contribution is 0.0324. The number of aromatic nitrogens is 2. The third-order valence-electron chi connectivity index (χ3n) is 7.07. The molecule has 2 fully saturated rings. The molecule has 4 atom stereocenters. The molecule has 2 aromatic rings. The van der Waals surface area contributed by atoms with E-state index in [2.05, 4.69) is 32.0 Å². The summed E-state index contributed by atoms with van der Waals surface area (Å²) in [4.78, 5) is 21.2. The fourth-order valence-electron chi connectivity index (χ4n) is 5.51. The summed E-state index contributed by atoms with van der Waals surface area (Å²) in [5.41, 5.74) is 0.641. The highest BCUT2D eigenvalue weighted by Gasteiger charge is 2.41. The summed E-state index contributed by atoms with van der Waals surface area (Å²) in [6.07, 6.45) is 6.59. The van der Waals surface area contributed by atoms with Crippen LogP contribution in [0.1, 0.15) is 64.0 Å². The van der Waals surface area contributed by atoms with Crippen LogP contribution >= 0.6 is 23.2 Å². The van der Waals surface area contributed by atoms with Gasteiger partial charge in [0, 0.05) is 34.7 Å². The number of anilines is 2. The smallest absolute Gasteiger partial charge is 0.407 e. The fraction of sp³-hybridized carbons (Fsp3) is 0.556. The molecular formula is C27H34Cl2N6O2. The average molecular weight is 546 g/mol. The van der Waals surface area contributed by atoms with E-state index in [1.807, 2.05) is 20.8 Å². The van der Waals surface area contributed by atoms with Gasteiger partial charge in [-0.05, 0) is 76.3 Å². The summed E-state index contributed by atoms with van der Waals surface area (Å²) in [6.45, 7) is 6.71. The Morgan fingerprint density at radius 1 is 1.16 bits per heavy atom. The third-order valence-corrected chi connectivity index (χ3v) is 7.78. The summed E-state index contributed by atoms with van der Waals surface area (Å²) >= 11 is 12.5. The van der Waals surface area contributed by atoms with Crippen LogP contribution in [-0.4, -0.2) is 34.2 Å². The number of hydrogen-bond donors (Lipinski definition) is 3. The number of halogens is 2. The van der Waals surface area contributed by atoms with Crippen molar-refractivity contribution in [2.75, 3.05) is 17.2 Å². The number of hydrogen-bond acceptors (Lipinski definition) is 7. The summed E-state index contributed by atoms with van der Waals surface area (Å²) < 4.78 is 5.51. The summed E-state index contributed by atoms with van der Waals surface area (Å²) in [5.74, 6) is 2.16. The number of amides is 1. The molecule has 0 saturated heterocycles. The topological polar surface area (TPSA) is 112 Å². The highest BCUT2D eigenvalue weighted by Crippen LogP contribution is 2.43. The minimum absolute atomic E-state index is 0.154. The lowest BCUT2D eigenvalue weighted by atomic mass is 9.64. The van der Waals surface area contributed by atoms with Crippen molar-refractivity contribution < 1.29 is 9.53 Å². The highest BCUT2D eigenvalue weighted by atomic mass is 35.5. The van der Waals surface area contributed by atoms with Crippen LogP contribution in [-0.2, 0) is 11.3 Å². The zero-order valence-corrected chi connectivity index (χ0v) is 23.0. The molecule has 198 valence electrons. The van der Waals surface area contributed by atoms with Gasteiger partial charge < -0.3 is 20.7 Å². The van der Waals surface area contributed by atoms with E-state index in [1.54, 1.807) is 18.2 Å². The monoisotopic (exact) mass is 544 g/mol. The zero-order chi connectivity index (χ0) is 26.6. The molecule has 4 rings (SSSR count). The van der Waals surface area contributed by atoms with Gasteiger partial charge in [-0.25, -0.2) is 9.78 Å². The summed E-state index contributed by atoms with van der Waals surface area (Å²) in [5, 5.41) is 20.4. The Labute approximate surface area is 228 Å². The molecule has 1 amide bonds. The van der Waals surface area contributed by atoms with Crippen molar-refractivity contribution in [3.63, 3.8) is 0 Å². The van der Waals surface area contributed by atoms with E-state index in [1.165, 1.54) is 12.6 Å². The van der Waals surface area contributed by atoms with Crippen molar-refractivity contribution in [1.29, 1.82) is 5.26 Å². The van der Waals surface area contributed by atoms with E-state index in [0.717, 1.165) is 31.2 Å². The van der Waals surface area contributed by atoms with Crippen LogP contribution < -0.4 is 16.0 Å². The van der Waals surface area contributed by atoms with Gasteiger partial charge in [-0.15, -0.1) is 0 Å². The van der Waals surface area contributed by atoms with Crippen molar-refractivity contribution in [2.24, 2.45) is 17.8 Å². The minimum Gasteiger partial charge on any atom is -0.444 e. The molecule has 2 aliphatic rings. The van der Waals surface area contributed by atoms with Gasteiger partial charge in [-0.2, -0.15) is 10.2 Å². The van der Waals surface area contributed by atoms with Crippen LogP contribution in [0.25, 0.3) is 0 Å². The number of nitrogens with zero attached hydrogens (tertiary/aromatic N) is 3. The number of alkyl carbamates (subject to hydrolysis) is 1. The van der Waals surface area contributed by atoms with E-state index in [0.29, 0.717) is 58.2 Å². The maximum absolute atomic E-state index is 12.4. The van der Waals surface area contributed by atoms with Gasteiger partial charge in [0.2, 0.25) is 5.95 Å². The Hall–Kier alpha value is -2.76. The number of rotatable bonds is 7. The summed E-state index contributed by atoms with van der Waals surface area (Å²) in [6, 6.07) is 7.68. The quantitative estimate of drug-likeness (QED) is 0.369. The molecule has 0 radical (unpaired) electrons. The third kappa shape index (κ3) is 7.18. The molecule has 3 N–H and O–H groups in total.